The summed E-state index contributed by atoms with van der Waals surface area (Å²) in [6, 6.07) is 11.3. The lowest BCUT2D eigenvalue weighted by Gasteiger charge is -2.13. The van der Waals surface area contributed by atoms with Gasteiger partial charge in [-0.15, -0.1) is 11.3 Å². The Hall–Kier alpha value is -0.840. The monoisotopic (exact) mass is 343 g/mol. The smallest absolute Gasteiger partial charge is 0.261 e. The lowest BCUT2D eigenvalue weighted by atomic mass is 10.1. The first-order chi connectivity index (χ1) is 8.56. The fourth-order valence-corrected chi connectivity index (χ4v) is 2.75. The van der Waals surface area contributed by atoms with Crippen molar-refractivity contribution in [3.05, 3.63) is 55.6 Å². The third kappa shape index (κ3) is 3.34. The van der Waals surface area contributed by atoms with Gasteiger partial charge in [0.1, 0.15) is 0 Å². The standard InChI is InChI=1S/C13H11BrClNOS/c1-8(9-2-4-10(14)5-3-9)16-13(17)11-6-7-12(15)18-11/h2-8H,1H3,(H,16,17). The Labute approximate surface area is 123 Å². The van der Waals surface area contributed by atoms with Crippen LogP contribution >= 0.6 is 38.9 Å². The summed E-state index contributed by atoms with van der Waals surface area (Å²) in [5.74, 6) is -0.0951. The minimum absolute atomic E-state index is 0.0357. The van der Waals surface area contributed by atoms with Gasteiger partial charge in [0.25, 0.3) is 5.91 Å². The van der Waals surface area contributed by atoms with Gasteiger partial charge in [0.15, 0.2) is 0 Å². The molecule has 1 heterocycles. The second-order valence-corrected chi connectivity index (χ2v) is 6.48. The molecule has 18 heavy (non-hydrogen) atoms. The third-order valence-corrected chi connectivity index (χ3v) is 4.27. The van der Waals surface area contributed by atoms with Gasteiger partial charge in [-0.25, -0.2) is 0 Å². The van der Waals surface area contributed by atoms with Crippen molar-refractivity contribution >= 4 is 44.8 Å². The lowest BCUT2D eigenvalue weighted by molar-refractivity contribution is 0.0944. The van der Waals surface area contributed by atoms with Gasteiger partial charge in [-0.1, -0.05) is 39.7 Å². The van der Waals surface area contributed by atoms with Gasteiger partial charge in [0.2, 0.25) is 0 Å². The number of nitrogens with one attached hydrogen (secondary N) is 1. The van der Waals surface area contributed by atoms with Gasteiger partial charge in [0.05, 0.1) is 15.3 Å². The van der Waals surface area contributed by atoms with E-state index in [9.17, 15) is 4.79 Å². The van der Waals surface area contributed by atoms with E-state index in [0.717, 1.165) is 10.0 Å². The highest BCUT2D eigenvalue weighted by atomic mass is 79.9. The molecule has 0 spiro atoms. The van der Waals surface area contributed by atoms with Crippen LogP contribution < -0.4 is 5.32 Å². The molecule has 0 saturated carbocycles. The zero-order valence-corrected chi connectivity index (χ0v) is 12.8. The molecule has 1 N–H and O–H groups in total. The van der Waals surface area contributed by atoms with Crippen molar-refractivity contribution in [3.63, 3.8) is 0 Å². The Kier molecular flexibility index (Phi) is 4.43. The van der Waals surface area contributed by atoms with Crippen LogP contribution in [0.25, 0.3) is 0 Å². The number of hydrogen-bond acceptors (Lipinski definition) is 2. The van der Waals surface area contributed by atoms with E-state index in [1.165, 1.54) is 11.3 Å². The van der Waals surface area contributed by atoms with E-state index in [1.807, 2.05) is 31.2 Å². The van der Waals surface area contributed by atoms with E-state index in [-0.39, 0.29) is 11.9 Å². The number of benzene rings is 1. The Morgan fingerprint density at radius 1 is 1.28 bits per heavy atom. The van der Waals surface area contributed by atoms with E-state index < -0.39 is 0 Å². The number of hydrogen-bond donors (Lipinski definition) is 1. The average molecular weight is 345 g/mol. The van der Waals surface area contributed by atoms with Gasteiger partial charge in [-0.2, -0.15) is 0 Å². The van der Waals surface area contributed by atoms with Gasteiger partial charge in [-0.3, -0.25) is 4.79 Å². The molecule has 0 aliphatic heterocycles. The minimum Gasteiger partial charge on any atom is -0.345 e. The largest absolute Gasteiger partial charge is 0.345 e. The molecule has 0 bridgehead atoms. The molecule has 1 atom stereocenters. The molecule has 94 valence electrons. The Morgan fingerprint density at radius 2 is 1.94 bits per heavy atom. The summed E-state index contributed by atoms with van der Waals surface area (Å²) in [5.41, 5.74) is 1.06. The first-order valence-electron chi connectivity index (χ1n) is 5.38. The summed E-state index contributed by atoms with van der Waals surface area (Å²) in [4.78, 5) is 12.6. The van der Waals surface area contributed by atoms with Crippen LogP contribution in [-0.4, -0.2) is 5.91 Å². The Morgan fingerprint density at radius 3 is 2.50 bits per heavy atom. The first-order valence-corrected chi connectivity index (χ1v) is 7.36. The van der Waals surface area contributed by atoms with Crippen molar-refractivity contribution in [1.29, 1.82) is 0 Å². The van der Waals surface area contributed by atoms with Crippen molar-refractivity contribution in [2.24, 2.45) is 0 Å². The van der Waals surface area contributed by atoms with E-state index in [0.29, 0.717) is 9.21 Å². The second kappa shape index (κ2) is 5.87. The Bertz CT molecular complexity index is 552. The van der Waals surface area contributed by atoms with Crippen molar-refractivity contribution in [1.82, 2.24) is 5.32 Å². The summed E-state index contributed by atoms with van der Waals surface area (Å²) in [6.07, 6.45) is 0. The maximum Gasteiger partial charge on any atom is 0.261 e. The fraction of sp³-hybridized carbons (Fsp3) is 0.154. The molecule has 0 radical (unpaired) electrons. The fourth-order valence-electron chi connectivity index (χ4n) is 1.54. The topological polar surface area (TPSA) is 29.1 Å². The van der Waals surface area contributed by atoms with Crippen molar-refractivity contribution < 1.29 is 4.79 Å². The highest BCUT2D eigenvalue weighted by molar-refractivity contribution is 9.10. The first kappa shape index (κ1) is 13.6. The van der Waals surface area contributed by atoms with E-state index >= 15 is 0 Å². The van der Waals surface area contributed by atoms with Crippen LogP contribution in [0.5, 0.6) is 0 Å². The number of halogens is 2. The molecule has 1 amide bonds. The molecule has 2 nitrogen and oxygen atoms in total. The molecule has 0 aliphatic rings. The van der Waals surface area contributed by atoms with Gasteiger partial charge in [0, 0.05) is 4.47 Å². The number of rotatable bonds is 3. The zero-order valence-electron chi connectivity index (χ0n) is 9.61. The second-order valence-electron chi connectivity index (χ2n) is 3.85. The molecule has 0 aliphatic carbocycles. The van der Waals surface area contributed by atoms with Crippen LogP contribution in [0.15, 0.2) is 40.9 Å². The summed E-state index contributed by atoms with van der Waals surface area (Å²) < 4.78 is 1.64. The molecular formula is C13H11BrClNOS. The van der Waals surface area contributed by atoms with E-state index in [4.69, 9.17) is 11.6 Å². The maximum absolute atomic E-state index is 11.9. The Balaban J connectivity index is 2.05. The molecule has 0 saturated heterocycles. The zero-order chi connectivity index (χ0) is 13.1. The summed E-state index contributed by atoms with van der Waals surface area (Å²) >= 11 is 10.5. The highest BCUT2D eigenvalue weighted by Crippen LogP contribution is 2.22. The van der Waals surface area contributed by atoms with E-state index in [2.05, 4.69) is 21.2 Å². The van der Waals surface area contributed by atoms with Crippen molar-refractivity contribution in [3.8, 4) is 0 Å². The molecular weight excluding hydrogens is 334 g/mol. The summed E-state index contributed by atoms with van der Waals surface area (Å²) in [5, 5.41) is 2.94. The summed E-state index contributed by atoms with van der Waals surface area (Å²) in [6.45, 7) is 1.95. The maximum atomic E-state index is 11.9. The molecule has 1 aromatic heterocycles. The van der Waals surface area contributed by atoms with E-state index in [1.54, 1.807) is 12.1 Å². The molecule has 5 heteroatoms. The predicted molar refractivity (Wildman–Crippen MR) is 79.4 cm³/mol. The quantitative estimate of drug-likeness (QED) is 0.862. The van der Waals surface area contributed by atoms with Crippen molar-refractivity contribution in [2.45, 2.75) is 13.0 Å². The van der Waals surface area contributed by atoms with Crippen molar-refractivity contribution in [2.75, 3.05) is 0 Å². The summed E-state index contributed by atoms with van der Waals surface area (Å²) in [7, 11) is 0. The number of thiophene rings is 1. The van der Waals surface area contributed by atoms with Crippen LogP contribution in [0.4, 0.5) is 0 Å². The third-order valence-electron chi connectivity index (χ3n) is 2.51. The predicted octanol–water partition coefficient (Wildman–Crippen LogP) is 4.66. The van der Waals surface area contributed by atoms with Crippen LogP contribution in [-0.2, 0) is 0 Å². The normalized spacial score (nSPS) is 12.2. The van der Waals surface area contributed by atoms with Crippen LogP contribution in [0.2, 0.25) is 4.34 Å². The van der Waals surface area contributed by atoms with Crippen LogP contribution in [0, 0.1) is 0 Å². The molecule has 2 aromatic rings. The van der Waals surface area contributed by atoms with Gasteiger partial charge in [-0.05, 0) is 36.8 Å². The van der Waals surface area contributed by atoms with Crippen LogP contribution in [0.3, 0.4) is 0 Å². The molecule has 0 fully saturated rings. The number of carbonyl (C=O) groups excluding carboxylic acids is 1. The van der Waals surface area contributed by atoms with Gasteiger partial charge >= 0.3 is 0 Å². The average Bonchev–Trinajstić information content (AvgIpc) is 2.76. The molecule has 2 rings (SSSR count). The minimum atomic E-state index is -0.0951. The SMILES string of the molecule is CC(NC(=O)c1ccc(Cl)s1)c1ccc(Br)cc1. The number of carbonyl (C=O) groups is 1. The molecule has 1 unspecified atom stereocenters. The molecule has 1 aromatic carbocycles. The van der Waals surface area contributed by atoms with Crippen LogP contribution in [0.1, 0.15) is 28.2 Å². The number of amides is 1. The highest BCUT2D eigenvalue weighted by Gasteiger charge is 2.13. The lowest BCUT2D eigenvalue weighted by Crippen LogP contribution is -2.25. The van der Waals surface area contributed by atoms with Gasteiger partial charge < -0.3 is 5.32 Å².